The van der Waals surface area contributed by atoms with Gasteiger partial charge in [0.05, 0.1) is 18.3 Å². The predicted molar refractivity (Wildman–Crippen MR) is 123 cm³/mol. The molecule has 5 nitrogen and oxygen atoms in total. The number of carboxylic acid groups (broad SMARTS) is 1. The van der Waals surface area contributed by atoms with Gasteiger partial charge in [-0.1, -0.05) is 48.2 Å². The molecular formula is C25H23N3O2S. The van der Waals surface area contributed by atoms with E-state index in [4.69, 9.17) is 4.98 Å². The van der Waals surface area contributed by atoms with Crippen LogP contribution in [-0.2, 0) is 11.3 Å². The van der Waals surface area contributed by atoms with Gasteiger partial charge in [-0.05, 0) is 66.0 Å². The molecule has 0 saturated heterocycles. The maximum absolute atomic E-state index is 12.0. The zero-order valence-corrected chi connectivity index (χ0v) is 17.9. The number of aliphatic carboxylic acids is 1. The Morgan fingerprint density at radius 2 is 1.94 bits per heavy atom. The molecule has 6 heteroatoms. The van der Waals surface area contributed by atoms with Crippen molar-refractivity contribution in [2.24, 2.45) is 0 Å². The fourth-order valence-electron chi connectivity index (χ4n) is 4.67. The topological polar surface area (TPSA) is 68.0 Å². The van der Waals surface area contributed by atoms with Crippen molar-refractivity contribution in [1.29, 1.82) is 0 Å². The highest BCUT2D eigenvalue weighted by Crippen LogP contribution is 2.48. The molecule has 2 saturated carbocycles. The molecule has 0 bridgehead atoms. The minimum absolute atomic E-state index is 0.657. The van der Waals surface area contributed by atoms with Gasteiger partial charge in [-0.25, -0.2) is 4.98 Å². The lowest BCUT2D eigenvalue weighted by atomic mass is 9.84. The van der Waals surface area contributed by atoms with Crippen LogP contribution in [0, 0.1) is 0 Å². The first-order valence-electron chi connectivity index (χ1n) is 10.9. The summed E-state index contributed by atoms with van der Waals surface area (Å²) < 4.78 is 1.41. The number of nitrogens with zero attached hydrogens (tertiary/aromatic N) is 3. The average Bonchev–Trinajstić information content (AvgIpc) is 3.54. The number of carboxylic acids is 1. The molecule has 0 unspecified atom stereocenters. The van der Waals surface area contributed by atoms with Crippen LogP contribution >= 0.6 is 11.8 Å². The molecule has 156 valence electrons. The second-order valence-corrected chi connectivity index (χ2v) is 10.1. The number of hydrogen-bond acceptors (Lipinski definition) is 4. The monoisotopic (exact) mass is 429 g/mol. The van der Waals surface area contributed by atoms with Crippen molar-refractivity contribution < 1.29 is 9.90 Å². The zero-order chi connectivity index (χ0) is 21.0. The number of pyridine rings is 1. The maximum atomic E-state index is 12.0. The number of benzene rings is 2. The van der Waals surface area contributed by atoms with Crippen LogP contribution in [0.25, 0.3) is 21.8 Å². The summed E-state index contributed by atoms with van der Waals surface area (Å²) in [4.78, 5) is 21.0. The highest BCUT2D eigenvalue weighted by atomic mass is 32.2. The first-order valence-corrected chi connectivity index (χ1v) is 11.7. The Hall–Kier alpha value is -2.86. The molecule has 2 aliphatic rings. The Morgan fingerprint density at radius 3 is 2.65 bits per heavy atom. The van der Waals surface area contributed by atoms with E-state index in [2.05, 4.69) is 45.9 Å². The molecule has 0 amide bonds. The fourth-order valence-corrected chi connectivity index (χ4v) is 6.01. The van der Waals surface area contributed by atoms with Crippen molar-refractivity contribution in [3.05, 3.63) is 66.0 Å². The molecule has 31 heavy (non-hydrogen) atoms. The van der Waals surface area contributed by atoms with Gasteiger partial charge in [0.25, 0.3) is 0 Å². The van der Waals surface area contributed by atoms with Crippen LogP contribution in [0.1, 0.15) is 49.1 Å². The highest BCUT2D eigenvalue weighted by molar-refractivity contribution is 8.01. The van der Waals surface area contributed by atoms with Crippen LogP contribution in [0.5, 0.6) is 0 Å². The third-order valence-corrected chi connectivity index (χ3v) is 8.21. The van der Waals surface area contributed by atoms with Crippen LogP contribution in [0.4, 0.5) is 0 Å². The molecule has 2 heterocycles. The summed E-state index contributed by atoms with van der Waals surface area (Å²) in [5, 5.41) is 13.2. The first kappa shape index (κ1) is 18.9. The largest absolute Gasteiger partial charge is 0.480 e. The molecule has 2 fully saturated rings. The molecule has 2 aromatic carbocycles. The number of hydrogen-bond donors (Lipinski definition) is 1. The van der Waals surface area contributed by atoms with E-state index in [1.54, 1.807) is 12.4 Å². The lowest BCUT2D eigenvalue weighted by Gasteiger charge is -2.36. The molecule has 4 aromatic rings. The van der Waals surface area contributed by atoms with Crippen molar-refractivity contribution in [2.75, 3.05) is 0 Å². The van der Waals surface area contributed by atoms with E-state index in [9.17, 15) is 9.90 Å². The highest BCUT2D eigenvalue weighted by Gasteiger charge is 2.46. The van der Waals surface area contributed by atoms with Crippen LogP contribution in [0.3, 0.4) is 0 Å². The number of thioether (sulfide) groups is 1. The van der Waals surface area contributed by atoms with Gasteiger partial charge < -0.3 is 9.67 Å². The van der Waals surface area contributed by atoms with E-state index >= 15 is 0 Å². The normalized spacial score (nSPS) is 17.7. The summed E-state index contributed by atoms with van der Waals surface area (Å²) in [6.07, 6.45) is 8.42. The number of carbonyl (C=O) groups is 1. The van der Waals surface area contributed by atoms with Gasteiger partial charge in [-0.2, -0.15) is 0 Å². The molecule has 0 aliphatic heterocycles. The molecule has 2 aliphatic carbocycles. The standard InChI is InChI=1S/C25H23N3O2S/c29-23(30)25(11-3-12-25)31-24-27-21-14-26-13-10-22(21)28(24)15-17-8-9-19(16-6-7-16)20-5-2-1-4-18(17)20/h1-2,4-5,8-10,13-14,16H,3,6-7,11-12,15H2,(H,29,30). The Labute approximate surface area is 184 Å². The lowest BCUT2D eigenvalue weighted by Crippen LogP contribution is -2.42. The lowest BCUT2D eigenvalue weighted by molar-refractivity contribution is -0.142. The Balaban J connectivity index is 1.46. The molecule has 2 aromatic heterocycles. The van der Waals surface area contributed by atoms with E-state index in [-0.39, 0.29) is 0 Å². The van der Waals surface area contributed by atoms with Gasteiger partial charge in [-0.3, -0.25) is 9.78 Å². The minimum Gasteiger partial charge on any atom is -0.480 e. The van der Waals surface area contributed by atoms with Gasteiger partial charge >= 0.3 is 5.97 Å². The Morgan fingerprint density at radius 1 is 1.13 bits per heavy atom. The summed E-state index contributed by atoms with van der Waals surface area (Å²) in [5.41, 5.74) is 4.49. The third kappa shape index (κ3) is 3.12. The quantitative estimate of drug-likeness (QED) is 0.431. The third-order valence-electron chi connectivity index (χ3n) is 6.75. The molecule has 0 atom stereocenters. The van der Waals surface area contributed by atoms with Gasteiger partial charge in [0.1, 0.15) is 10.3 Å². The molecule has 0 radical (unpaired) electrons. The average molecular weight is 430 g/mol. The van der Waals surface area contributed by atoms with Crippen LogP contribution in [0.2, 0.25) is 0 Å². The molecule has 6 rings (SSSR count). The van der Waals surface area contributed by atoms with E-state index in [1.165, 1.54) is 46.5 Å². The van der Waals surface area contributed by atoms with Crippen LogP contribution < -0.4 is 0 Å². The smallest absolute Gasteiger partial charge is 0.320 e. The Kier molecular flexibility index (Phi) is 4.32. The van der Waals surface area contributed by atoms with Gasteiger partial charge in [0.2, 0.25) is 0 Å². The maximum Gasteiger partial charge on any atom is 0.320 e. The Bertz CT molecular complexity index is 1320. The second-order valence-electron chi connectivity index (χ2n) is 8.73. The van der Waals surface area contributed by atoms with E-state index in [0.717, 1.165) is 22.6 Å². The first-order chi connectivity index (χ1) is 15.1. The number of imidazole rings is 1. The number of fused-ring (bicyclic) bond motifs is 2. The zero-order valence-electron chi connectivity index (χ0n) is 17.1. The summed E-state index contributed by atoms with van der Waals surface area (Å²) in [6, 6.07) is 15.1. The molecular weight excluding hydrogens is 406 g/mol. The SMILES string of the molecule is O=C(O)C1(Sc2nc3cnccc3n2Cc2ccc(C3CC3)c3ccccc23)CCC1. The minimum atomic E-state index is -0.759. The van der Waals surface area contributed by atoms with Crippen molar-refractivity contribution >= 4 is 39.5 Å². The van der Waals surface area contributed by atoms with Crippen molar-refractivity contribution in [2.45, 2.75) is 54.5 Å². The number of aromatic nitrogens is 3. The summed E-state index contributed by atoms with van der Waals surface area (Å²) >= 11 is 1.41. The summed E-state index contributed by atoms with van der Waals surface area (Å²) in [7, 11) is 0. The van der Waals surface area contributed by atoms with Gasteiger partial charge in [0, 0.05) is 6.20 Å². The van der Waals surface area contributed by atoms with E-state index < -0.39 is 10.7 Å². The molecule has 0 spiro atoms. The van der Waals surface area contributed by atoms with Gasteiger partial charge in [-0.15, -0.1) is 0 Å². The van der Waals surface area contributed by atoms with Crippen molar-refractivity contribution in [1.82, 2.24) is 14.5 Å². The van der Waals surface area contributed by atoms with Crippen molar-refractivity contribution in [3.8, 4) is 0 Å². The van der Waals surface area contributed by atoms with Crippen LogP contribution in [-0.4, -0.2) is 30.4 Å². The predicted octanol–water partition coefficient (Wildman–Crippen LogP) is 5.61. The summed E-state index contributed by atoms with van der Waals surface area (Å²) in [6.45, 7) is 0.657. The fraction of sp³-hybridized carbons (Fsp3) is 0.320. The van der Waals surface area contributed by atoms with E-state index in [1.807, 2.05) is 6.07 Å². The van der Waals surface area contributed by atoms with Crippen LogP contribution in [0.15, 0.2) is 60.0 Å². The molecule has 1 N–H and O–H groups in total. The van der Waals surface area contributed by atoms with Crippen molar-refractivity contribution in [3.63, 3.8) is 0 Å². The van der Waals surface area contributed by atoms with Gasteiger partial charge in [0.15, 0.2) is 5.16 Å². The second kappa shape index (κ2) is 7.09. The van der Waals surface area contributed by atoms with E-state index in [0.29, 0.717) is 25.3 Å². The summed E-state index contributed by atoms with van der Waals surface area (Å²) in [5.74, 6) is -0.0426. The number of rotatable bonds is 6.